The minimum atomic E-state index is -0.00123. The largest absolute Gasteiger partial charge is 0.342 e. The van der Waals surface area contributed by atoms with Crippen LogP contribution in [0, 0.1) is 0 Å². The second-order valence-electron chi connectivity index (χ2n) is 4.06. The molecule has 1 aromatic carbocycles. The lowest BCUT2D eigenvalue weighted by atomic mass is 10.1. The number of hydroxylamine groups is 1. The van der Waals surface area contributed by atoms with E-state index in [1.165, 1.54) is 0 Å². The maximum absolute atomic E-state index is 9.24. The fourth-order valence-corrected chi connectivity index (χ4v) is 3.89. The number of nitrogens with one attached hydrogen (secondary N) is 1. The third kappa shape index (κ3) is 1.89. The summed E-state index contributed by atoms with van der Waals surface area (Å²) < 4.78 is 0. The van der Waals surface area contributed by atoms with Gasteiger partial charge in [-0.2, -0.15) is 0 Å². The van der Waals surface area contributed by atoms with Gasteiger partial charge >= 0.3 is 0 Å². The van der Waals surface area contributed by atoms with E-state index in [1.807, 2.05) is 12.1 Å². The predicted octanol–water partition coefficient (Wildman–Crippen LogP) is 2.41. The Labute approximate surface area is 119 Å². The van der Waals surface area contributed by atoms with E-state index in [4.69, 9.17) is 23.8 Å². The van der Waals surface area contributed by atoms with Gasteiger partial charge in [-0.15, -0.1) is 11.8 Å². The molecule has 7 heteroatoms. The number of benzene rings is 1. The average molecular weight is 300 g/mol. The van der Waals surface area contributed by atoms with Crippen LogP contribution >= 0.6 is 35.6 Å². The molecule has 2 aliphatic heterocycles. The van der Waals surface area contributed by atoms with Gasteiger partial charge in [0.15, 0.2) is 0 Å². The van der Waals surface area contributed by atoms with Crippen LogP contribution in [0.15, 0.2) is 23.2 Å². The van der Waals surface area contributed by atoms with E-state index < -0.39 is 0 Å². The standard InChI is InChI=1S/C11H10ClN3OS2/c12-6-1-2-8-7(3-6)11(17)15-5-18-4-9(15)10(13-8)14-16/h1-3,9,16H,4-5H2,(H,13,14)/t9-/m0/s1. The molecule has 1 fully saturated rings. The Morgan fingerprint density at radius 1 is 1.56 bits per heavy atom. The highest BCUT2D eigenvalue weighted by Crippen LogP contribution is 2.33. The first kappa shape index (κ1) is 12.2. The maximum Gasteiger partial charge on any atom is 0.149 e. The van der Waals surface area contributed by atoms with Crippen LogP contribution in [-0.2, 0) is 0 Å². The zero-order valence-electron chi connectivity index (χ0n) is 9.26. The van der Waals surface area contributed by atoms with Crippen LogP contribution in [0.2, 0.25) is 5.02 Å². The molecule has 0 unspecified atom stereocenters. The van der Waals surface area contributed by atoms with Crippen LogP contribution in [0.4, 0.5) is 5.69 Å². The molecule has 0 saturated carbocycles. The summed E-state index contributed by atoms with van der Waals surface area (Å²) in [6.07, 6.45) is 0. The van der Waals surface area contributed by atoms with E-state index in [0.717, 1.165) is 27.9 Å². The number of rotatable bonds is 0. The number of aliphatic imine (C=N–C) groups is 1. The number of thiocarbonyl (C=S) groups is 1. The first-order chi connectivity index (χ1) is 8.70. The van der Waals surface area contributed by atoms with Crippen molar-refractivity contribution < 1.29 is 5.21 Å². The fourth-order valence-electron chi connectivity index (χ4n) is 2.10. The Kier molecular flexibility index (Phi) is 3.19. The van der Waals surface area contributed by atoms with Crippen molar-refractivity contribution >= 4 is 52.1 Å². The Morgan fingerprint density at radius 3 is 3.17 bits per heavy atom. The fraction of sp³-hybridized carbons (Fsp3) is 0.273. The van der Waals surface area contributed by atoms with Gasteiger partial charge in [-0.1, -0.05) is 23.8 Å². The summed E-state index contributed by atoms with van der Waals surface area (Å²) in [6.45, 7) is 0. The number of nitrogens with zero attached hydrogens (tertiary/aromatic N) is 2. The third-order valence-corrected chi connectivity index (χ3v) is 4.70. The lowest BCUT2D eigenvalue weighted by Crippen LogP contribution is -2.45. The molecule has 3 rings (SSSR count). The molecular formula is C11H10ClN3OS2. The molecule has 0 aromatic heterocycles. The number of hydrogen-bond donors (Lipinski definition) is 2. The van der Waals surface area contributed by atoms with Gasteiger partial charge in [-0.05, 0) is 18.2 Å². The summed E-state index contributed by atoms with van der Waals surface area (Å²) in [5, 5.41) is 9.88. The highest BCUT2D eigenvalue weighted by Gasteiger charge is 2.34. The van der Waals surface area contributed by atoms with Crippen molar-refractivity contribution in [1.82, 2.24) is 10.4 Å². The van der Waals surface area contributed by atoms with Crippen molar-refractivity contribution in [1.29, 1.82) is 0 Å². The molecule has 2 N–H and O–H groups in total. The second kappa shape index (κ2) is 4.70. The Balaban J connectivity index is 2.16. The molecule has 0 aliphatic carbocycles. The maximum atomic E-state index is 9.24. The van der Waals surface area contributed by atoms with E-state index >= 15 is 0 Å². The van der Waals surface area contributed by atoms with Gasteiger partial charge < -0.3 is 4.90 Å². The van der Waals surface area contributed by atoms with Crippen LogP contribution in [0.5, 0.6) is 0 Å². The molecular weight excluding hydrogens is 290 g/mol. The summed E-state index contributed by atoms with van der Waals surface area (Å²) in [6, 6.07) is 5.41. The molecule has 4 nitrogen and oxygen atoms in total. The van der Waals surface area contributed by atoms with Gasteiger partial charge in [-0.25, -0.2) is 4.99 Å². The normalized spacial score (nSPS) is 22.1. The first-order valence-electron chi connectivity index (χ1n) is 5.37. The zero-order valence-corrected chi connectivity index (χ0v) is 11.6. The smallest absolute Gasteiger partial charge is 0.149 e. The van der Waals surface area contributed by atoms with Crippen LogP contribution in [0.3, 0.4) is 0 Å². The molecule has 2 aliphatic rings. The van der Waals surface area contributed by atoms with Crippen molar-refractivity contribution in [2.24, 2.45) is 4.99 Å². The van der Waals surface area contributed by atoms with E-state index in [-0.39, 0.29) is 6.04 Å². The van der Waals surface area contributed by atoms with Crippen molar-refractivity contribution in [3.63, 3.8) is 0 Å². The first-order valence-corrected chi connectivity index (χ1v) is 7.32. The molecule has 0 amide bonds. The topological polar surface area (TPSA) is 47.9 Å². The summed E-state index contributed by atoms with van der Waals surface area (Å²) in [5.41, 5.74) is 3.77. The average Bonchev–Trinajstić information content (AvgIpc) is 2.81. The Hall–Kier alpha value is -0.820. The molecule has 94 valence electrons. The zero-order chi connectivity index (χ0) is 12.7. The van der Waals surface area contributed by atoms with Gasteiger partial charge in [0.05, 0.1) is 17.6 Å². The number of amidine groups is 1. The Morgan fingerprint density at radius 2 is 2.39 bits per heavy atom. The predicted molar refractivity (Wildman–Crippen MR) is 78.1 cm³/mol. The van der Waals surface area contributed by atoms with E-state index in [9.17, 15) is 5.21 Å². The number of fused-ring (bicyclic) bond motifs is 2. The van der Waals surface area contributed by atoms with Gasteiger partial charge in [0, 0.05) is 16.3 Å². The summed E-state index contributed by atoms with van der Waals surface area (Å²) in [4.78, 5) is 7.24. The minimum Gasteiger partial charge on any atom is -0.342 e. The lowest BCUT2D eigenvalue weighted by molar-refractivity contribution is 0.226. The highest BCUT2D eigenvalue weighted by molar-refractivity contribution is 7.99. The second-order valence-corrected chi connectivity index (χ2v) is 5.88. The van der Waals surface area contributed by atoms with Gasteiger partial charge in [0.1, 0.15) is 10.8 Å². The van der Waals surface area contributed by atoms with Crippen LogP contribution < -0.4 is 5.48 Å². The summed E-state index contributed by atoms with van der Waals surface area (Å²) in [5.74, 6) is 2.19. The van der Waals surface area contributed by atoms with Crippen LogP contribution in [0.25, 0.3) is 0 Å². The van der Waals surface area contributed by atoms with Crippen molar-refractivity contribution in [2.45, 2.75) is 6.04 Å². The summed E-state index contributed by atoms with van der Waals surface area (Å²) in [7, 11) is 0. The Bertz CT molecular complexity index is 549. The molecule has 0 spiro atoms. The quantitative estimate of drug-likeness (QED) is 0.569. The molecule has 1 atom stereocenters. The third-order valence-electron chi connectivity index (χ3n) is 3.00. The summed E-state index contributed by atoms with van der Waals surface area (Å²) >= 11 is 13.3. The van der Waals surface area contributed by atoms with E-state index in [2.05, 4.69) is 15.4 Å². The molecule has 2 heterocycles. The van der Waals surface area contributed by atoms with Crippen molar-refractivity contribution in [2.75, 3.05) is 11.6 Å². The molecule has 0 radical (unpaired) electrons. The SMILES string of the molecule is ONC1=Nc2ccc(Cl)cc2C(=S)N2CSC[C@@H]12. The van der Waals surface area contributed by atoms with E-state index in [0.29, 0.717) is 10.9 Å². The molecule has 18 heavy (non-hydrogen) atoms. The van der Waals surface area contributed by atoms with Gasteiger partial charge in [0.2, 0.25) is 0 Å². The number of thioether (sulfide) groups is 1. The minimum absolute atomic E-state index is 0.00123. The van der Waals surface area contributed by atoms with Gasteiger partial charge in [0.25, 0.3) is 0 Å². The van der Waals surface area contributed by atoms with Crippen molar-refractivity contribution in [3.05, 3.63) is 28.8 Å². The van der Waals surface area contributed by atoms with Gasteiger partial charge in [-0.3, -0.25) is 10.7 Å². The molecule has 0 bridgehead atoms. The molecule has 1 aromatic rings. The monoisotopic (exact) mass is 299 g/mol. The van der Waals surface area contributed by atoms with Crippen LogP contribution in [0.1, 0.15) is 5.56 Å². The lowest BCUT2D eigenvalue weighted by Gasteiger charge is -2.24. The number of hydrogen-bond acceptors (Lipinski definition) is 5. The molecule has 1 saturated heterocycles. The van der Waals surface area contributed by atoms with Crippen LogP contribution in [-0.4, -0.2) is 38.6 Å². The van der Waals surface area contributed by atoms with Crippen molar-refractivity contribution in [3.8, 4) is 0 Å². The van der Waals surface area contributed by atoms with E-state index in [1.54, 1.807) is 17.8 Å². The number of halogens is 1. The highest BCUT2D eigenvalue weighted by atomic mass is 35.5.